The fourth-order valence-electron chi connectivity index (χ4n) is 4.40. The Morgan fingerprint density at radius 1 is 0.588 bits per heavy atom. The highest BCUT2D eigenvalue weighted by molar-refractivity contribution is 7.99. The van der Waals surface area contributed by atoms with Crippen LogP contribution in [0.5, 0.6) is 0 Å². The summed E-state index contributed by atoms with van der Waals surface area (Å²) in [6, 6.07) is 22.9. The summed E-state index contributed by atoms with van der Waals surface area (Å²) in [7, 11) is 0. The van der Waals surface area contributed by atoms with Gasteiger partial charge in [-0.05, 0) is 47.5 Å². The largest absolute Gasteiger partial charge is 0.310 e. The molecule has 0 amide bonds. The molecule has 0 aromatic heterocycles. The van der Waals surface area contributed by atoms with Gasteiger partial charge in [0.25, 0.3) is 0 Å². The van der Waals surface area contributed by atoms with E-state index in [2.05, 4.69) is 30.9 Å². The molecule has 0 spiro atoms. The first-order valence-electron chi connectivity index (χ1n) is 10.5. The molecule has 1 aliphatic heterocycles. The molecule has 0 saturated heterocycles. The van der Waals surface area contributed by atoms with E-state index in [1.165, 1.54) is 0 Å². The van der Waals surface area contributed by atoms with Gasteiger partial charge in [0.1, 0.15) is 0 Å². The number of hydrogen-bond donors (Lipinski definition) is 0. The first-order chi connectivity index (χ1) is 16.2. The van der Waals surface area contributed by atoms with Crippen LogP contribution in [0.15, 0.2) is 82.6 Å². The van der Waals surface area contributed by atoms with Crippen LogP contribution in [0, 0.1) is 29.1 Å². The predicted molar refractivity (Wildman–Crippen MR) is 124 cm³/mol. The number of rotatable bonds is 3. The molecule has 1 aliphatic rings. The maximum absolute atomic E-state index is 14.1. The Morgan fingerprint density at radius 2 is 1.03 bits per heavy atom. The van der Waals surface area contributed by atoms with Gasteiger partial charge in [-0.3, -0.25) is 0 Å². The van der Waals surface area contributed by atoms with Gasteiger partial charge >= 0.3 is 0 Å². The van der Waals surface area contributed by atoms with Crippen molar-refractivity contribution in [3.8, 4) is 0 Å². The van der Waals surface area contributed by atoms with Crippen molar-refractivity contribution >= 4 is 28.8 Å². The zero-order chi connectivity index (χ0) is 24.2. The lowest BCUT2D eigenvalue weighted by Crippen LogP contribution is -2.30. The van der Waals surface area contributed by atoms with Crippen LogP contribution in [0.3, 0.4) is 0 Å². The van der Waals surface area contributed by atoms with Gasteiger partial charge < -0.3 is 4.90 Å². The minimum absolute atomic E-state index is 0.217. The summed E-state index contributed by atoms with van der Waals surface area (Å²) < 4.78 is 68.7. The minimum atomic E-state index is -2.17. The SMILES string of the molecule is CC1(C)c2ccccc2N(c2ccc(Sc3c(F)c(F)c(F)c(F)c3F)cc2)c2ccccc21. The molecule has 0 radical (unpaired) electrons. The second-order valence-electron chi connectivity index (χ2n) is 8.49. The van der Waals surface area contributed by atoms with Gasteiger partial charge in [0.15, 0.2) is 23.3 Å². The lowest BCUT2D eigenvalue weighted by molar-refractivity contribution is 0.361. The van der Waals surface area contributed by atoms with Crippen molar-refractivity contribution in [1.29, 1.82) is 0 Å². The predicted octanol–water partition coefficient (Wildman–Crippen LogP) is 8.64. The second kappa shape index (κ2) is 8.17. The van der Waals surface area contributed by atoms with E-state index in [0.717, 1.165) is 28.2 Å². The van der Waals surface area contributed by atoms with Crippen molar-refractivity contribution in [3.05, 3.63) is 113 Å². The van der Waals surface area contributed by atoms with Crippen LogP contribution in [0.25, 0.3) is 0 Å². The monoisotopic (exact) mass is 483 g/mol. The smallest absolute Gasteiger partial charge is 0.200 e. The number of para-hydroxylation sites is 2. The molecule has 172 valence electrons. The number of halogens is 5. The molecule has 34 heavy (non-hydrogen) atoms. The first kappa shape index (κ1) is 22.5. The van der Waals surface area contributed by atoms with Crippen molar-refractivity contribution in [3.63, 3.8) is 0 Å². The van der Waals surface area contributed by atoms with Crippen LogP contribution < -0.4 is 4.90 Å². The van der Waals surface area contributed by atoms with E-state index in [1.54, 1.807) is 24.3 Å². The Bertz CT molecular complexity index is 1340. The molecule has 0 unspecified atom stereocenters. The maximum atomic E-state index is 14.1. The molecule has 0 N–H and O–H groups in total. The van der Waals surface area contributed by atoms with Crippen molar-refractivity contribution in [2.75, 3.05) is 4.90 Å². The Balaban J connectivity index is 1.56. The van der Waals surface area contributed by atoms with E-state index in [-0.39, 0.29) is 5.41 Å². The van der Waals surface area contributed by atoms with Gasteiger partial charge in [-0.15, -0.1) is 0 Å². The molecular weight excluding hydrogens is 465 g/mol. The highest BCUT2D eigenvalue weighted by Crippen LogP contribution is 2.51. The zero-order valence-corrected chi connectivity index (χ0v) is 19.0. The third-order valence-electron chi connectivity index (χ3n) is 6.12. The topological polar surface area (TPSA) is 3.24 Å². The van der Waals surface area contributed by atoms with Gasteiger partial charge in [0.05, 0.1) is 16.3 Å². The third-order valence-corrected chi connectivity index (χ3v) is 7.19. The van der Waals surface area contributed by atoms with E-state index in [0.29, 0.717) is 16.7 Å². The van der Waals surface area contributed by atoms with E-state index in [4.69, 9.17) is 0 Å². The number of nitrogens with zero attached hydrogens (tertiary/aromatic N) is 1. The van der Waals surface area contributed by atoms with Gasteiger partial charge in [0.2, 0.25) is 5.82 Å². The number of hydrogen-bond acceptors (Lipinski definition) is 2. The minimum Gasteiger partial charge on any atom is -0.310 e. The molecule has 1 nitrogen and oxygen atoms in total. The average Bonchev–Trinajstić information content (AvgIpc) is 2.85. The van der Waals surface area contributed by atoms with Crippen LogP contribution in [-0.2, 0) is 5.41 Å². The average molecular weight is 484 g/mol. The van der Waals surface area contributed by atoms with E-state index in [9.17, 15) is 22.0 Å². The highest BCUT2D eigenvalue weighted by Gasteiger charge is 2.36. The summed E-state index contributed by atoms with van der Waals surface area (Å²) in [4.78, 5) is 1.51. The molecule has 0 fully saturated rings. The van der Waals surface area contributed by atoms with E-state index in [1.807, 2.05) is 36.4 Å². The number of fused-ring (bicyclic) bond motifs is 2. The molecule has 5 rings (SSSR count). The van der Waals surface area contributed by atoms with E-state index < -0.39 is 34.0 Å². The summed E-state index contributed by atoms with van der Waals surface area (Å²) >= 11 is 0.489. The summed E-state index contributed by atoms with van der Waals surface area (Å²) in [6.07, 6.45) is 0. The fraction of sp³-hybridized carbons (Fsp3) is 0.111. The first-order valence-corrected chi connectivity index (χ1v) is 11.3. The van der Waals surface area contributed by atoms with Crippen molar-refractivity contribution < 1.29 is 22.0 Å². The lowest BCUT2D eigenvalue weighted by atomic mass is 9.73. The molecule has 1 heterocycles. The van der Waals surface area contributed by atoms with Crippen molar-refractivity contribution in [2.45, 2.75) is 29.1 Å². The summed E-state index contributed by atoms with van der Waals surface area (Å²) in [6.45, 7) is 4.34. The molecule has 0 aliphatic carbocycles. The maximum Gasteiger partial charge on any atom is 0.200 e. The van der Waals surface area contributed by atoms with Gasteiger partial charge in [-0.25, -0.2) is 22.0 Å². The molecular formula is C27H18F5NS. The van der Waals surface area contributed by atoms with Crippen LogP contribution in [0.1, 0.15) is 25.0 Å². The van der Waals surface area contributed by atoms with Crippen LogP contribution in [0.4, 0.5) is 39.0 Å². The number of anilines is 3. The molecule has 0 atom stereocenters. The Labute approximate surface area is 197 Å². The van der Waals surface area contributed by atoms with Crippen LogP contribution in [-0.4, -0.2) is 0 Å². The Kier molecular flexibility index (Phi) is 5.40. The summed E-state index contributed by atoms with van der Waals surface area (Å²) in [5.74, 6) is -9.76. The molecule has 0 saturated carbocycles. The summed E-state index contributed by atoms with van der Waals surface area (Å²) in [5, 5.41) is 0. The second-order valence-corrected chi connectivity index (χ2v) is 9.57. The fourth-order valence-corrected chi connectivity index (χ4v) is 5.27. The van der Waals surface area contributed by atoms with Crippen LogP contribution in [0.2, 0.25) is 0 Å². The quantitative estimate of drug-likeness (QED) is 0.163. The molecule has 7 heteroatoms. The normalized spacial score (nSPS) is 14.0. The molecule has 0 bridgehead atoms. The summed E-state index contributed by atoms with van der Waals surface area (Å²) in [5.41, 5.74) is 4.89. The van der Waals surface area contributed by atoms with Gasteiger partial charge in [-0.1, -0.05) is 62.0 Å². The van der Waals surface area contributed by atoms with Gasteiger partial charge in [-0.2, -0.15) is 0 Å². The Hall–Kier alpha value is -3.32. The van der Waals surface area contributed by atoms with E-state index >= 15 is 0 Å². The third kappa shape index (κ3) is 3.38. The number of benzene rings is 4. The molecule has 4 aromatic carbocycles. The highest BCUT2D eigenvalue weighted by atomic mass is 32.2. The Morgan fingerprint density at radius 3 is 1.53 bits per heavy atom. The van der Waals surface area contributed by atoms with Gasteiger partial charge in [0, 0.05) is 16.0 Å². The standard InChI is InChI=1S/C27H18F5NS/c1-27(2)17-7-3-5-9-19(17)33(20-10-6-4-8-18(20)27)15-11-13-16(14-12-15)34-26-24(31)22(29)21(28)23(30)25(26)32/h3-14H,1-2H3. The van der Waals surface area contributed by atoms with Crippen LogP contribution >= 0.6 is 11.8 Å². The lowest BCUT2D eigenvalue weighted by Gasteiger charge is -2.42. The molecule has 4 aromatic rings. The van der Waals surface area contributed by atoms with Crippen molar-refractivity contribution in [2.24, 2.45) is 0 Å². The van der Waals surface area contributed by atoms with Crippen molar-refractivity contribution in [1.82, 2.24) is 0 Å². The zero-order valence-electron chi connectivity index (χ0n) is 18.2.